The zero-order chi connectivity index (χ0) is 29.4. The van der Waals surface area contributed by atoms with Crippen molar-refractivity contribution in [2.24, 2.45) is 5.41 Å². The molecule has 4 N–H and O–H groups in total. The Kier molecular flexibility index (Phi) is 7.64. The topological polar surface area (TPSA) is 131 Å². The first-order chi connectivity index (χ1) is 19.5. The van der Waals surface area contributed by atoms with E-state index >= 15 is 0 Å². The number of carboxylic acid groups (broad SMARTS) is 1. The molecule has 1 aromatic carbocycles. The van der Waals surface area contributed by atoms with E-state index in [1.54, 1.807) is 50.4 Å². The van der Waals surface area contributed by atoms with Gasteiger partial charge < -0.3 is 25.8 Å². The zero-order valence-electron chi connectivity index (χ0n) is 22.7. The number of piperidine rings is 1. The number of benzene rings is 1. The monoisotopic (exact) mass is 571 g/mol. The number of carbonyl (C=O) groups is 1. The predicted octanol–water partition coefficient (Wildman–Crippen LogP) is 4.30. The fourth-order valence-electron chi connectivity index (χ4n) is 5.60. The zero-order valence-corrected chi connectivity index (χ0v) is 22.7. The van der Waals surface area contributed by atoms with Crippen LogP contribution in [-0.4, -0.2) is 62.7 Å². The lowest BCUT2D eigenvalue weighted by molar-refractivity contribution is -0.198. The molecule has 2 fully saturated rings. The van der Waals surface area contributed by atoms with Crippen LogP contribution in [0.2, 0.25) is 0 Å². The van der Waals surface area contributed by atoms with Gasteiger partial charge in [-0.15, -0.1) is 0 Å². The molecule has 2 aliphatic heterocycles. The Morgan fingerprint density at radius 2 is 2.00 bits per heavy atom. The summed E-state index contributed by atoms with van der Waals surface area (Å²) >= 11 is 0. The number of alkyl halides is 3. The summed E-state index contributed by atoms with van der Waals surface area (Å²) in [5.41, 5.74) is 7.12. The van der Waals surface area contributed by atoms with Crippen molar-refractivity contribution < 1.29 is 27.8 Å². The minimum atomic E-state index is -4.79. The molecule has 10 nitrogen and oxygen atoms in total. The minimum absolute atomic E-state index is 0.128. The molecule has 1 unspecified atom stereocenters. The van der Waals surface area contributed by atoms with E-state index in [9.17, 15) is 23.1 Å². The van der Waals surface area contributed by atoms with Crippen molar-refractivity contribution in [2.75, 3.05) is 30.3 Å². The number of nitrogens with zero attached hydrogens (tertiary/aromatic N) is 5. The molecule has 0 amide bonds. The number of nitrogen functional groups attached to an aromatic ring is 1. The van der Waals surface area contributed by atoms with Crippen molar-refractivity contribution in [1.29, 1.82) is 0 Å². The van der Waals surface area contributed by atoms with Gasteiger partial charge in [-0.05, 0) is 62.3 Å². The third-order valence-electron chi connectivity index (χ3n) is 7.71. The summed E-state index contributed by atoms with van der Waals surface area (Å²) in [5, 5.41) is 16.7. The lowest BCUT2D eigenvalue weighted by atomic mass is 9.76. The molecule has 3 aromatic rings. The van der Waals surface area contributed by atoms with E-state index in [2.05, 4.69) is 20.4 Å². The SMILES string of the molecule is CC=Cc1ccc(-n2ccc(C)n2)c([C@@H](Oc2cc(N3CCC4(CC3)CNC(C(=O)O)C4)nc(N)n2)C(F)(F)F)c1. The molecule has 0 radical (unpaired) electrons. The third kappa shape index (κ3) is 6.14. The third-order valence-corrected chi connectivity index (χ3v) is 7.71. The number of nitrogens with one attached hydrogen (secondary N) is 1. The van der Waals surface area contributed by atoms with Crippen LogP contribution in [0.3, 0.4) is 0 Å². The highest BCUT2D eigenvalue weighted by atomic mass is 19.4. The number of anilines is 2. The highest BCUT2D eigenvalue weighted by Crippen LogP contribution is 2.42. The Bertz CT molecular complexity index is 1450. The van der Waals surface area contributed by atoms with Gasteiger partial charge >= 0.3 is 12.1 Å². The first-order valence-corrected chi connectivity index (χ1v) is 13.3. The van der Waals surface area contributed by atoms with Crippen LogP contribution >= 0.6 is 0 Å². The average Bonchev–Trinajstić information content (AvgIpc) is 3.53. The second-order valence-electron chi connectivity index (χ2n) is 10.6. The predicted molar refractivity (Wildman–Crippen MR) is 147 cm³/mol. The number of halogens is 3. The smallest absolute Gasteiger partial charge is 0.429 e. The second-order valence-corrected chi connectivity index (χ2v) is 10.6. The molecule has 4 heterocycles. The van der Waals surface area contributed by atoms with Crippen molar-refractivity contribution in [3.05, 3.63) is 59.4 Å². The average molecular weight is 572 g/mol. The van der Waals surface area contributed by atoms with Crippen LogP contribution < -0.4 is 20.7 Å². The van der Waals surface area contributed by atoms with Gasteiger partial charge in [-0.3, -0.25) is 4.79 Å². The number of aryl methyl sites for hydroxylation is 1. The Hall–Kier alpha value is -4.13. The van der Waals surface area contributed by atoms with Gasteiger partial charge in [0, 0.05) is 37.5 Å². The molecule has 0 saturated carbocycles. The number of allylic oxidation sites excluding steroid dienone is 1. The highest BCUT2D eigenvalue weighted by molar-refractivity contribution is 5.74. The van der Waals surface area contributed by atoms with Crippen molar-refractivity contribution >= 4 is 23.8 Å². The van der Waals surface area contributed by atoms with Gasteiger partial charge in [-0.1, -0.05) is 18.2 Å². The Morgan fingerprint density at radius 1 is 1.24 bits per heavy atom. The van der Waals surface area contributed by atoms with Crippen molar-refractivity contribution in [1.82, 2.24) is 25.1 Å². The molecule has 2 saturated heterocycles. The largest absolute Gasteiger partial charge is 0.480 e. The summed E-state index contributed by atoms with van der Waals surface area (Å²) in [7, 11) is 0. The molecule has 2 atom stereocenters. The van der Waals surface area contributed by atoms with Crippen molar-refractivity contribution in [2.45, 2.75) is 51.4 Å². The van der Waals surface area contributed by atoms with Gasteiger partial charge in [0.25, 0.3) is 0 Å². The van der Waals surface area contributed by atoms with Crippen molar-refractivity contribution in [3.8, 4) is 11.6 Å². The van der Waals surface area contributed by atoms with Crippen LogP contribution in [0.4, 0.5) is 24.9 Å². The van der Waals surface area contributed by atoms with Gasteiger partial charge in [0.2, 0.25) is 17.9 Å². The molecule has 0 aliphatic carbocycles. The molecule has 218 valence electrons. The van der Waals surface area contributed by atoms with E-state index in [0.29, 0.717) is 56.0 Å². The molecule has 41 heavy (non-hydrogen) atoms. The standard InChI is InChI=1S/C28H32F3N7O3/c1-3-4-18-5-6-21(38-10-7-17(2)36-38)19(13-18)24(28(29,30)31)41-23-14-22(34-26(32)35-23)37-11-8-27(9-12-37)15-20(25(39)40)33-16-27/h3-7,10,13-14,20,24,33H,8-9,11-12,15-16H2,1-2H3,(H,39,40)(H2,32,34,35)/t20?,24-/m1/s1. The van der Waals surface area contributed by atoms with Gasteiger partial charge in [0.05, 0.1) is 11.4 Å². The normalized spacial score (nSPS) is 19.6. The lowest BCUT2D eigenvalue weighted by Crippen LogP contribution is -2.41. The first-order valence-electron chi connectivity index (χ1n) is 13.3. The fraction of sp³-hybridized carbons (Fsp3) is 0.429. The van der Waals surface area contributed by atoms with E-state index in [4.69, 9.17) is 10.5 Å². The molecular formula is C28H32F3N7O3. The van der Waals surface area contributed by atoms with Gasteiger partial charge in [-0.2, -0.15) is 28.2 Å². The number of ether oxygens (including phenoxy) is 1. The van der Waals surface area contributed by atoms with Crippen LogP contribution in [0.15, 0.2) is 42.6 Å². The molecular weight excluding hydrogens is 539 g/mol. The van der Waals surface area contributed by atoms with E-state index in [-0.39, 0.29) is 28.5 Å². The number of hydrogen-bond acceptors (Lipinski definition) is 8. The van der Waals surface area contributed by atoms with Gasteiger partial charge in [0.1, 0.15) is 11.9 Å². The summed E-state index contributed by atoms with van der Waals surface area (Å²) in [6.07, 6.45) is -0.163. The first kappa shape index (κ1) is 28.4. The highest BCUT2D eigenvalue weighted by Gasteiger charge is 2.46. The van der Waals surface area contributed by atoms with Crippen molar-refractivity contribution in [3.63, 3.8) is 0 Å². The number of carboxylic acids is 1. The Balaban J connectivity index is 1.43. The Labute approximate surface area is 235 Å². The number of nitrogens with two attached hydrogens (primary N) is 1. The van der Waals surface area contributed by atoms with Gasteiger partial charge in [0.15, 0.2) is 0 Å². The van der Waals surface area contributed by atoms with E-state index in [0.717, 1.165) is 0 Å². The van der Waals surface area contributed by atoms with Crippen LogP contribution in [0.1, 0.15) is 49.1 Å². The van der Waals surface area contributed by atoms with E-state index in [1.165, 1.54) is 16.8 Å². The van der Waals surface area contributed by atoms with Crippen LogP contribution in [0, 0.1) is 12.3 Å². The summed E-state index contributed by atoms with van der Waals surface area (Å²) in [4.78, 5) is 21.6. The summed E-state index contributed by atoms with van der Waals surface area (Å²) in [5.74, 6) is -1.02. The summed E-state index contributed by atoms with van der Waals surface area (Å²) in [6, 6.07) is 7.23. The Morgan fingerprint density at radius 3 is 2.61 bits per heavy atom. The minimum Gasteiger partial charge on any atom is -0.480 e. The number of hydrogen-bond donors (Lipinski definition) is 3. The fourth-order valence-corrected chi connectivity index (χ4v) is 5.60. The second kappa shape index (κ2) is 11.0. The number of aliphatic carboxylic acids is 1. The molecule has 5 rings (SSSR count). The number of rotatable bonds is 7. The van der Waals surface area contributed by atoms with E-state index < -0.39 is 24.3 Å². The van der Waals surface area contributed by atoms with Gasteiger partial charge in [-0.25, -0.2) is 4.68 Å². The van der Waals surface area contributed by atoms with Crippen LogP contribution in [0.25, 0.3) is 11.8 Å². The van der Waals surface area contributed by atoms with E-state index in [1.807, 2.05) is 4.90 Å². The molecule has 13 heteroatoms. The molecule has 2 aromatic heterocycles. The maximum Gasteiger partial charge on any atom is 0.429 e. The quantitative estimate of drug-likeness (QED) is 0.380. The molecule has 0 bridgehead atoms. The maximum absolute atomic E-state index is 14.6. The maximum atomic E-state index is 14.6. The van der Waals surface area contributed by atoms with Crippen LogP contribution in [-0.2, 0) is 4.79 Å². The number of aromatic nitrogens is 4. The van der Waals surface area contributed by atoms with Crippen LogP contribution in [0.5, 0.6) is 5.88 Å². The lowest BCUT2D eigenvalue weighted by Gasteiger charge is -2.39. The molecule has 1 spiro atoms. The summed E-state index contributed by atoms with van der Waals surface area (Å²) in [6.45, 7) is 5.23. The summed E-state index contributed by atoms with van der Waals surface area (Å²) < 4.78 is 50.8. The molecule has 2 aliphatic rings.